The van der Waals surface area contributed by atoms with Crippen molar-refractivity contribution in [2.45, 2.75) is 18.9 Å². The van der Waals surface area contributed by atoms with Gasteiger partial charge in [-0.05, 0) is 25.1 Å². The van der Waals surface area contributed by atoms with Crippen molar-refractivity contribution in [1.29, 1.82) is 0 Å². The summed E-state index contributed by atoms with van der Waals surface area (Å²) in [6.45, 7) is 0.895. The number of carbonyl (C=O) groups excluding carboxylic acids is 3. The summed E-state index contributed by atoms with van der Waals surface area (Å²) in [5.41, 5.74) is 2.54. The summed E-state index contributed by atoms with van der Waals surface area (Å²) in [7, 11) is 0. The number of nitrogens with one attached hydrogen (secondary N) is 2. The lowest BCUT2D eigenvalue weighted by molar-refractivity contribution is -0.174. The average molecular weight is 428 g/mol. The number of hydroxylamine groups is 1. The Morgan fingerprint density at radius 2 is 2.08 bits per heavy atom. The minimum atomic E-state index is -1.69. The van der Waals surface area contributed by atoms with E-state index in [-0.39, 0.29) is 0 Å². The van der Waals surface area contributed by atoms with Crippen molar-refractivity contribution in [2.24, 2.45) is 0 Å². The second kappa shape index (κ2) is 6.94. The number of ether oxygens (including phenoxy) is 3. The second-order valence-corrected chi connectivity index (χ2v) is 6.32. The van der Waals surface area contributed by atoms with Gasteiger partial charge in [0.15, 0.2) is 6.23 Å². The SMILES string of the molecule is CC(NO)OC(=O)NC(=O)CN1C(=O)C2(OC=CO2)c2cc(Br)ccc21. The highest BCUT2D eigenvalue weighted by molar-refractivity contribution is 9.10. The molecule has 3 N–H and O–H groups in total. The van der Waals surface area contributed by atoms with Gasteiger partial charge in [-0.25, -0.2) is 4.79 Å². The molecule has 0 radical (unpaired) electrons. The van der Waals surface area contributed by atoms with Crippen LogP contribution in [0.15, 0.2) is 35.2 Å². The number of hydrogen-bond acceptors (Lipinski definition) is 8. The number of carbonyl (C=O) groups is 3. The van der Waals surface area contributed by atoms with Gasteiger partial charge < -0.3 is 19.4 Å². The number of hydrogen-bond donors (Lipinski definition) is 3. The first-order valence-electron chi connectivity index (χ1n) is 7.40. The van der Waals surface area contributed by atoms with Gasteiger partial charge in [0.05, 0.1) is 11.3 Å². The van der Waals surface area contributed by atoms with Crippen LogP contribution in [0.4, 0.5) is 10.5 Å². The summed E-state index contributed by atoms with van der Waals surface area (Å²) in [5, 5.41) is 10.6. The van der Waals surface area contributed by atoms with Gasteiger partial charge in [-0.3, -0.25) is 19.8 Å². The molecule has 10 nitrogen and oxygen atoms in total. The van der Waals surface area contributed by atoms with Crippen LogP contribution in [0.5, 0.6) is 0 Å². The van der Waals surface area contributed by atoms with Crippen molar-refractivity contribution >= 4 is 39.5 Å². The van der Waals surface area contributed by atoms with E-state index in [0.29, 0.717) is 15.7 Å². The van der Waals surface area contributed by atoms with Gasteiger partial charge in [0, 0.05) is 4.47 Å². The maximum atomic E-state index is 12.8. The highest BCUT2D eigenvalue weighted by atomic mass is 79.9. The molecule has 1 aromatic carbocycles. The van der Waals surface area contributed by atoms with E-state index in [4.69, 9.17) is 14.7 Å². The summed E-state index contributed by atoms with van der Waals surface area (Å²) in [4.78, 5) is 37.6. The van der Waals surface area contributed by atoms with E-state index < -0.39 is 36.5 Å². The van der Waals surface area contributed by atoms with Crippen LogP contribution in [0.25, 0.3) is 0 Å². The van der Waals surface area contributed by atoms with Gasteiger partial charge in [-0.1, -0.05) is 15.9 Å². The van der Waals surface area contributed by atoms with Crippen LogP contribution in [0.1, 0.15) is 12.5 Å². The fraction of sp³-hybridized carbons (Fsp3) is 0.267. The van der Waals surface area contributed by atoms with Gasteiger partial charge in [0.2, 0.25) is 5.91 Å². The molecule has 0 saturated carbocycles. The average Bonchev–Trinajstić information content (AvgIpc) is 3.16. The molecule has 1 atom stereocenters. The smallest absolute Gasteiger partial charge is 0.415 e. The molecule has 3 amide bonds. The lowest BCUT2D eigenvalue weighted by Crippen LogP contribution is -2.47. The number of alkyl carbamates (subject to hydrolysis) is 1. The number of amides is 3. The lowest BCUT2D eigenvalue weighted by Gasteiger charge is -2.22. The first-order chi connectivity index (χ1) is 12.4. The molecule has 2 aliphatic rings. The molecule has 0 bridgehead atoms. The topological polar surface area (TPSA) is 126 Å². The van der Waals surface area contributed by atoms with Gasteiger partial charge >= 0.3 is 17.8 Å². The van der Waals surface area contributed by atoms with Crippen LogP contribution < -0.4 is 15.7 Å². The zero-order chi connectivity index (χ0) is 18.9. The zero-order valence-electron chi connectivity index (χ0n) is 13.4. The summed E-state index contributed by atoms with van der Waals surface area (Å²) in [6, 6.07) is 4.97. The molecule has 0 aromatic heterocycles. The third-order valence-electron chi connectivity index (χ3n) is 3.66. The van der Waals surface area contributed by atoms with Crippen molar-refractivity contribution in [2.75, 3.05) is 11.4 Å². The monoisotopic (exact) mass is 427 g/mol. The van der Waals surface area contributed by atoms with E-state index >= 15 is 0 Å². The second-order valence-electron chi connectivity index (χ2n) is 5.40. The van der Waals surface area contributed by atoms with E-state index in [1.54, 1.807) is 23.7 Å². The van der Waals surface area contributed by atoms with E-state index in [9.17, 15) is 14.4 Å². The largest absolute Gasteiger partial charge is 0.445 e. The maximum Gasteiger partial charge on any atom is 0.415 e. The van der Waals surface area contributed by atoms with E-state index in [0.717, 1.165) is 4.90 Å². The minimum absolute atomic E-state index is 0.413. The molecule has 2 heterocycles. The Labute approximate surface area is 155 Å². The molecule has 1 unspecified atom stereocenters. The third kappa shape index (κ3) is 3.11. The minimum Gasteiger partial charge on any atom is -0.445 e. The summed E-state index contributed by atoms with van der Waals surface area (Å²) in [6.07, 6.45) is 0.403. The standard InChI is InChI=1S/C15H14BrN3O7/c1-8(18-23)26-14(22)17-12(20)7-19-11-3-2-9(16)6-10(11)15(13(19)21)24-4-5-25-15/h2-6,8,18,23H,7H2,1H3,(H,17,20,22). The molecule has 3 rings (SSSR count). The third-order valence-corrected chi connectivity index (χ3v) is 4.16. The number of nitrogens with zero attached hydrogens (tertiary/aromatic N) is 1. The van der Waals surface area contributed by atoms with Crippen molar-refractivity contribution < 1.29 is 33.8 Å². The molecular weight excluding hydrogens is 414 g/mol. The van der Waals surface area contributed by atoms with Gasteiger partial charge in [-0.2, -0.15) is 5.48 Å². The molecule has 0 fully saturated rings. The van der Waals surface area contributed by atoms with Crippen molar-refractivity contribution in [3.8, 4) is 0 Å². The maximum absolute atomic E-state index is 12.8. The van der Waals surface area contributed by atoms with Crippen LogP contribution in [-0.4, -0.2) is 35.9 Å². The Morgan fingerprint density at radius 1 is 1.38 bits per heavy atom. The van der Waals surface area contributed by atoms with Crippen molar-refractivity contribution in [3.63, 3.8) is 0 Å². The highest BCUT2D eigenvalue weighted by Crippen LogP contribution is 2.46. The quantitative estimate of drug-likeness (QED) is 0.480. The van der Waals surface area contributed by atoms with E-state index in [2.05, 4.69) is 20.7 Å². The Bertz CT molecular complexity index is 789. The molecule has 2 aliphatic heterocycles. The number of fused-ring (bicyclic) bond motifs is 2. The predicted molar refractivity (Wildman–Crippen MR) is 88.5 cm³/mol. The van der Waals surface area contributed by atoms with E-state index in [1.165, 1.54) is 19.4 Å². The fourth-order valence-corrected chi connectivity index (χ4v) is 2.94. The van der Waals surface area contributed by atoms with Crippen LogP contribution in [0.3, 0.4) is 0 Å². The van der Waals surface area contributed by atoms with Crippen LogP contribution in [-0.2, 0) is 29.6 Å². The van der Waals surface area contributed by atoms with Crippen LogP contribution >= 0.6 is 15.9 Å². The van der Waals surface area contributed by atoms with Crippen molar-refractivity contribution in [3.05, 3.63) is 40.8 Å². The van der Waals surface area contributed by atoms with Gasteiger partial charge in [0.25, 0.3) is 0 Å². The Hall–Kier alpha value is -2.63. The number of rotatable bonds is 4. The highest BCUT2D eigenvalue weighted by Gasteiger charge is 2.57. The number of benzene rings is 1. The molecule has 26 heavy (non-hydrogen) atoms. The molecule has 1 spiro atoms. The van der Waals surface area contributed by atoms with Crippen LogP contribution in [0, 0.1) is 0 Å². The van der Waals surface area contributed by atoms with E-state index in [1.807, 2.05) is 5.32 Å². The Morgan fingerprint density at radius 3 is 2.73 bits per heavy atom. The Balaban J connectivity index is 1.78. The molecule has 11 heteroatoms. The summed E-state index contributed by atoms with van der Waals surface area (Å²) >= 11 is 3.32. The zero-order valence-corrected chi connectivity index (χ0v) is 15.0. The summed E-state index contributed by atoms with van der Waals surface area (Å²) < 4.78 is 16.1. The van der Waals surface area contributed by atoms with Crippen LogP contribution in [0.2, 0.25) is 0 Å². The molecule has 0 aliphatic carbocycles. The molecule has 0 saturated heterocycles. The molecule has 138 valence electrons. The number of halogens is 1. The molecule has 1 aromatic rings. The predicted octanol–water partition coefficient (Wildman–Crippen LogP) is 1.04. The molecular formula is C15H14BrN3O7. The van der Waals surface area contributed by atoms with Gasteiger partial charge in [-0.15, -0.1) is 0 Å². The number of anilines is 1. The number of imide groups is 1. The summed E-state index contributed by atoms with van der Waals surface area (Å²) in [5.74, 6) is -3.08. The van der Waals surface area contributed by atoms with Crippen molar-refractivity contribution in [1.82, 2.24) is 10.8 Å². The fourth-order valence-electron chi connectivity index (χ4n) is 2.58. The van der Waals surface area contributed by atoms with Gasteiger partial charge in [0.1, 0.15) is 19.1 Å². The lowest BCUT2D eigenvalue weighted by atomic mass is 10.1. The normalized spacial score (nSPS) is 17.5. The first-order valence-corrected chi connectivity index (χ1v) is 8.19. The first kappa shape index (κ1) is 18.2. The Kier molecular flexibility index (Phi) is 4.85.